The molecule has 0 bridgehead atoms. The van der Waals surface area contributed by atoms with Crippen molar-refractivity contribution in [1.29, 1.82) is 0 Å². The summed E-state index contributed by atoms with van der Waals surface area (Å²) < 4.78 is 26.4. The second-order valence-electron chi connectivity index (χ2n) is 5.33. The van der Waals surface area contributed by atoms with E-state index in [1.165, 1.54) is 44.2 Å². The van der Waals surface area contributed by atoms with Gasteiger partial charge in [0, 0.05) is 12.1 Å². The molecule has 2 N–H and O–H groups in total. The molecule has 1 aliphatic rings. The van der Waals surface area contributed by atoms with E-state index in [2.05, 4.69) is 0 Å². The summed E-state index contributed by atoms with van der Waals surface area (Å²) in [6.45, 7) is 0. The third-order valence-corrected chi connectivity index (χ3v) is 3.93. The molecular formula is C15H21F2N. The summed E-state index contributed by atoms with van der Waals surface area (Å²) in [6, 6.07) is 3.39. The van der Waals surface area contributed by atoms with E-state index in [-0.39, 0.29) is 6.04 Å². The largest absolute Gasteiger partial charge is 0.324 e. The highest BCUT2D eigenvalue weighted by molar-refractivity contribution is 5.21. The van der Waals surface area contributed by atoms with Gasteiger partial charge in [0.1, 0.15) is 11.6 Å². The standard InChI is InChI=1S/C15H21F2N/c16-13-8-12(9-14(17)10-13)15(18)11-6-4-2-1-3-5-7-11/h8-11,15H,1-7,18H2. The number of benzene rings is 1. The molecule has 0 amide bonds. The lowest BCUT2D eigenvalue weighted by Gasteiger charge is -2.26. The molecule has 3 heteroatoms. The van der Waals surface area contributed by atoms with Gasteiger partial charge in [0.25, 0.3) is 0 Å². The highest BCUT2D eigenvalue weighted by atomic mass is 19.1. The van der Waals surface area contributed by atoms with Gasteiger partial charge in [-0.05, 0) is 36.5 Å². The number of hydrogen-bond donors (Lipinski definition) is 1. The first-order chi connectivity index (χ1) is 8.66. The first-order valence-electron chi connectivity index (χ1n) is 6.88. The van der Waals surface area contributed by atoms with E-state index < -0.39 is 11.6 Å². The fourth-order valence-electron chi connectivity index (χ4n) is 2.89. The van der Waals surface area contributed by atoms with Crippen LogP contribution in [0.3, 0.4) is 0 Å². The van der Waals surface area contributed by atoms with Gasteiger partial charge in [-0.2, -0.15) is 0 Å². The third-order valence-electron chi connectivity index (χ3n) is 3.93. The highest BCUT2D eigenvalue weighted by Gasteiger charge is 2.21. The van der Waals surface area contributed by atoms with Gasteiger partial charge in [0.05, 0.1) is 0 Å². The van der Waals surface area contributed by atoms with E-state index in [1.807, 2.05) is 0 Å². The minimum absolute atomic E-state index is 0.242. The Kier molecular flexibility index (Phi) is 4.70. The third kappa shape index (κ3) is 3.52. The summed E-state index contributed by atoms with van der Waals surface area (Å²) in [4.78, 5) is 0. The predicted octanol–water partition coefficient (Wildman–Crippen LogP) is 4.33. The van der Waals surface area contributed by atoms with Gasteiger partial charge in [-0.25, -0.2) is 8.78 Å². The first-order valence-corrected chi connectivity index (χ1v) is 6.88. The van der Waals surface area contributed by atoms with Crippen LogP contribution in [0.1, 0.15) is 56.6 Å². The minimum atomic E-state index is -0.536. The summed E-state index contributed by atoms with van der Waals surface area (Å²) in [7, 11) is 0. The Morgan fingerprint density at radius 1 is 0.889 bits per heavy atom. The van der Waals surface area contributed by atoms with Crippen LogP contribution in [0.2, 0.25) is 0 Å². The van der Waals surface area contributed by atoms with Crippen LogP contribution >= 0.6 is 0 Å². The minimum Gasteiger partial charge on any atom is -0.324 e. The van der Waals surface area contributed by atoms with Crippen molar-refractivity contribution in [2.75, 3.05) is 0 Å². The Morgan fingerprint density at radius 2 is 1.39 bits per heavy atom. The van der Waals surface area contributed by atoms with Crippen LogP contribution in [-0.4, -0.2) is 0 Å². The molecule has 1 aliphatic carbocycles. The fraction of sp³-hybridized carbons (Fsp3) is 0.600. The molecular weight excluding hydrogens is 232 g/mol. The molecule has 0 heterocycles. The predicted molar refractivity (Wildman–Crippen MR) is 69.1 cm³/mol. The molecule has 1 atom stereocenters. The van der Waals surface area contributed by atoms with Gasteiger partial charge in [-0.1, -0.05) is 32.1 Å². The van der Waals surface area contributed by atoms with E-state index in [4.69, 9.17) is 5.73 Å². The zero-order valence-electron chi connectivity index (χ0n) is 10.7. The average molecular weight is 253 g/mol. The Hall–Kier alpha value is -0.960. The van der Waals surface area contributed by atoms with E-state index >= 15 is 0 Å². The van der Waals surface area contributed by atoms with Crippen molar-refractivity contribution in [3.05, 3.63) is 35.4 Å². The molecule has 1 unspecified atom stereocenters. The maximum Gasteiger partial charge on any atom is 0.126 e. The lowest BCUT2D eigenvalue weighted by Crippen LogP contribution is -2.22. The fourth-order valence-corrected chi connectivity index (χ4v) is 2.89. The zero-order valence-corrected chi connectivity index (χ0v) is 10.7. The normalized spacial score (nSPS) is 20.2. The van der Waals surface area contributed by atoms with Crippen molar-refractivity contribution in [1.82, 2.24) is 0 Å². The first kappa shape index (κ1) is 13.5. The van der Waals surface area contributed by atoms with Gasteiger partial charge in [-0.3, -0.25) is 0 Å². The maximum absolute atomic E-state index is 13.2. The van der Waals surface area contributed by atoms with Gasteiger partial charge in [-0.15, -0.1) is 0 Å². The van der Waals surface area contributed by atoms with Crippen LogP contribution in [0.4, 0.5) is 8.78 Å². The monoisotopic (exact) mass is 253 g/mol. The van der Waals surface area contributed by atoms with Crippen LogP contribution in [0.15, 0.2) is 18.2 Å². The van der Waals surface area contributed by atoms with Crippen LogP contribution in [0, 0.1) is 17.6 Å². The molecule has 1 aromatic carbocycles. The van der Waals surface area contributed by atoms with E-state index in [1.54, 1.807) is 0 Å². The lowest BCUT2D eigenvalue weighted by atomic mass is 9.83. The second-order valence-corrected chi connectivity index (χ2v) is 5.33. The molecule has 1 aromatic rings. The number of rotatable bonds is 2. The maximum atomic E-state index is 13.2. The van der Waals surface area contributed by atoms with Gasteiger partial charge in [0.2, 0.25) is 0 Å². The van der Waals surface area contributed by atoms with Gasteiger partial charge in [0.15, 0.2) is 0 Å². The molecule has 100 valence electrons. The van der Waals surface area contributed by atoms with Crippen molar-refractivity contribution >= 4 is 0 Å². The summed E-state index contributed by atoms with van der Waals surface area (Å²) in [5, 5.41) is 0. The van der Waals surface area contributed by atoms with Crippen molar-refractivity contribution < 1.29 is 8.78 Å². The molecule has 2 rings (SSSR count). The van der Waals surface area contributed by atoms with Gasteiger partial charge >= 0.3 is 0 Å². The topological polar surface area (TPSA) is 26.0 Å². The van der Waals surface area contributed by atoms with Crippen LogP contribution < -0.4 is 5.73 Å². The van der Waals surface area contributed by atoms with E-state index in [0.29, 0.717) is 11.5 Å². The Labute approximate surface area is 107 Å². The van der Waals surface area contributed by atoms with Crippen molar-refractivity contribution in [2.24, 2.45) is 11.7 Å². The summed E-state index contributed by atoms with van der Waals surface area (Å²) in [5.41, 5.74) is 6.79. The molecule has 0 saturated heterocycles. The van der Waals surface area contributed by atoms with Crippen molar-refractivity contribution in [3.63, 3.8) is 0 Å². The zero-order chi connectivity index (χ0) is 13.0. The number of hydrogen-bond acceptors (Lipinski definition) is 1. The summed E-state index contributed by atoms with van der Waals surface area (Å²) in [6.07, 6.45) is 8.29. The summed E-state index contributed by atoms with van der Waals surface area (Å²) in [5.74, 6) is -0.718. The Bertz CT molecular complexity index is 364. The second kappa shape index (κ2) is 6.28. The molecule has 18 heavy (non-hydrogen) atoms. The molecule has 1 fully saturated rings. The molecule has 0 spiro atoms. The molecule has 0 aromatic heterocycles. The molecule has 0 radical (unpaired) electrons. The average Bonchev–Trinajstić information content (AvgIpc) is 2.26. The molecule has 1 saturated carbocycles. The van der Waals surface area contributed by atoms with Crippen LogP contribution in [0.25, 0.3) is 0 Å². The highest BCUT2D eigenvalue weighted by Crippen LogP contribution is 2.31. The number of nitrogens with two attached hydrogens (primary N) is 1. The van der Waals surface area contributed by atoms with E-state index in [0.717, 1.165) is 18.9 Å². The Morgan fingerprint density at radius 3 is 1.94 bits per heavy atom. The molecule has 1 nitrogen and oxygen atoms in total. The van der Waals surface area contributed by atoms with Crippen LogP contribution in [0.5, 0.6) is 0 Å². The smallest absolute Gasteiger partial charge is 0.126 e. The van der Waals surface area contributed by atoms with Crippen LogP contribution in [-0.2, 0) is 0 Å². The van der Waals surface area contributed by atoms with Crippen molar-refractivity contribution in [3.8, 4) is 0 Å². The SMILES string of the molecule is NC(c1cc(F)cc(F)c1)C1CCCCCCC1. The van der Waals surface area contributed by atoms with Crippen molar-refractivity contribution in [2.45, 2.75) is 51.0 Å². The lowest BCUT2D eigenvalue weighted by molar-refractivity contribution is 0.326. The molecule has 0 aliphatic heterocycles. The summed E-state index contributed by atoms with van der Waals surface area (Å²) >= 11 is 0. The van der Waals surface area contributed by atoms with E-state index in [9.17, 15) is 8.78 Å². The van der Waals surface area contributed by atoms with Gasteiger partial charge < -0.3 is 5.73 Å². The number of halogens is 2. The Balaban J connectivity index is 2.10. The quantitative estimate of drug-likeness (QED) is 0.834.